The van der Waals surface area contributed by atoms with Crippen LogP contribution >= 0.6 is 0 Å². The summed E-state index contributed by atoms with van der Waals surface area (Å²) in [5.74, 6) is 2.53. The first kappa shape index (κ1) is 20.2. The Morgan fingerprint density at radius 1 is 1.09 bits per heavy atom. The first-order valence-electron chi connectivity index (χ1n) is 11.7. The molecule has 3 aromatic heterocycles. The molecule has 3 aliphatic rings. The average Bonchev–Trinajstić information content (AvgIpc) is 3.37. The van der Waals surface area contributed by atoms with Crippen LogP contribution in [0.4, 0.5) is 17.3 Å². The van der Waals surface area contributed by atoms with Crippen LogP contribution in [0.15, 0.2) is 30.9 Å². The highest BCUT2D eigenvalue weighted by Gasteiger charge is 2.45. The van der Waals surface area contributed by atoms with Crippen molar-refractivity contribution in [1.82, 2.24) is 34.4 Å². The van der Waals surface area contributed by atoms with Gasteiger partial charge in [-0.25, -0.2) is 9.97 Å². The van der Waals surface area contributed by atoms with Gasteiger partial charge in [-0.3, -0.25) is 14.2 Å². The van der Waals surface area contributed by atoms with E-state index in [0.717, 1.165) is 61.9 Å². The second-order valence-electron chi connectivity index (χ2n) is 9.76. The van der Waals surface area contributed by atoms with Crippen LogP contribution < -0.4 is 10.2 Å². The summed E-state index contributed by atoms with van der Waals surface area (Å²) < 4.78 is 3.79. The Bertz CT molecular complexity index is 1180. The number of aryl methyl sites for hydroxylation is 1. The second kappa shape index (κ2) is 7.57. The van der Waals surface area contributed by atoms with E-state index in [9.17, 15) is 4.79 Å². The summed E-state index contributed by atoms with van der Waals surface area (Å²) in [5, 5.41) is 12.1. The molecule has 10 heteroatoms. The number of aromatic nitrogens is 6. The van der Waals surface area contributed by atoms with Crippen LogP contribution in [0.1, 0.15) is 38.6 Å². The normalized spacial score (nSPS) is 19.6. The van der Waals surface area contributed by atoms with Crippen molar-refractivity contribution in [3.63, 3.8) is 0 Å². The van der Waals surface area contributed by atoms with Crippen molar-refractivity contribution >= 4 is 23.2 Å². The summed E-state index contributed by atoms with van der Waals surface area (Å²) in [7, 11) is 1.89. The topological polar surface area (TPSA) is 97.0 Å². The van der Waals surface area contributed by atoms with Gasteiger partial charge in [0.05, 0.1) is 29.7 Å². The number of piperidine rings is 1. The van der Waals surface area contributed by atoms with Gasteiger partial charge in [-0.1, -0.05) is 0 Å². The van der Waals surface area contributed by atoms with Gasteiger partial charge in [-0.2, -0.15) is 10.2 Å². The molecule has 6 rings (SSSR count). The van der Waals surface area contributed by atoms with Crippen molar-refractivity contribution in [1.29, 1.82) is 0 Å². The average molecular weight is 448 g/mol. The number of likely N-dealkylation sites (tertiary alicyclic amines) is 1. The van der Waals surface area contributed by atoms with Gasteiger partial charge in [0.1, 0.15) is 11.6 Å². The number of carbonyl (C=O) groups is 1. The van der Waals surface area contributed by atoms with Crippen LogP contribution in [0.5, 0.6) is 0 Å². The Morgan fingerprint density at radius 3 is 2.55 bits per heavy atom. The second-order valence-corrected chi connectivity index (χ2v) is 9.76. The number of hydrogen-bond acceptors (Lipinski definition) is 7. The molecule has 3 fully saturated rings. The Labute approximate surface area is 192 Å². The molecular formula is C23H29N9O. The fourth-order valence-electron chi connectivity index (χ4n) is 4.95. The zero-order valence-electron chi connectivity index (χ0n) is 19.1. The minimum Gasteiger partial charge on any atom is -0.355 e. The molecule has 1 saturated carbocycles. The van der Waals surface area contributed by atoms with Crippen LogP contribution in [0, 0.1) is 5.41 Å². The first-order chi connectivity index (χ1) is 16.0. The van der Waals surface area contributed by atoms with E-state index in [2.05, 4.69) is 26.6 Å². The number of hydrogen-bond donors (Lipinski definition) is 1. The molecule has 0 unspecified atom stereocenters. The molecule has 5 heterocycles. The summed E-state index contributed by atoms with van der Waals surface area (Å²) in [6, 6.07) is 2.53. The number of rotatable bonds is 5. The summed E-state index contributed by atoms with van der Waals surface area (Å²) in [6.45, 7) is 5.29. The van der Waals surface area contributed by atoms with E-state index in [1.54, 1.807) is 17.8 Å². The fourth-order valence-corrected chi connectivity index (χ4v) is 4.95. The maximum atomic E-state index is 11.7. The van der Waals surface area contributed by atoms with Gasteiger partial charge in [-0.05, 0) is 25.7 Å². The number of anilines is 3. The molecule has 1 aliphatic carbocycles. The van der Waals surface area contributed by atoms with Gasteiger partial charge in [0.15, 0.2) is 5.82 Å². The lowest BCUT2D eigenvalue weighted by Gasteiger charge is -2.54. The van der Waals surface area contributed by atoms with Crippen molar-refractivity contribution in [2.75, 3.05) is 36.4 Å². The van der Waals surface area contributed by atoms with Crippen LogP contribution in [-0.2, 0) is 11.8 Å². The molecule has 33 heavy (non-hydrogen) atoms. The van der Waals surface area contributed by atoms with Crippen molar-refractivity contribution < 1.29 is 4.79 Å². The number of amides is 1. The van der Waals surface area contributed by atoms with Crippen molar-refractivity contribution in [2.24, 2.45) is 12.5 Å². The molecule has 0 atom stereocenters. The third-order valence-electron chi connectivity index (χ3n) is 7.12. The minimum absolute atomic E-state index is 0.180. The minimum atomic E-state index is 0.180. The molecule has 0 aromatic carbocycles. The van der Waals surface area contributed by atoms with Gasteiger partial charge in [0.25, 0.3) is 0 Å². The van der Waals surface area contributed by atoms with Crippen molar-refractivity contribution in [2.45, 2.75) is 38.6 Å². The number of carbonyl (C=O) groups excluding carboxylic acids is 1. The third kappa shape index (κ3) is 3.94. The van der Waals surface area contributed by atoms with Crippen LogP contribution in [0.2, 0.25) is 0 Å². The Kier molecular flexibility index (Phi) is 4.63. The highest BCUT2D eigenvalue weighted by molar-refractivity contribution is 5.73. The lowest BCUT2D eigenvalue weighted by Crippen LogP contribution is -2.61. The van der Waals surface area contributed by atoms with Gasteiger partial charge in [0, 0.05) is 64.0 Å². The van der Waals surface area contributed by atoms with Crippen LogP contribution in [-0.4, -0.2) is 66.5 Å². The molecule has 0 radical (unpaired) electrons. The van der Waals surface area contributed by atoms with E-state index in [1.807, 2.05) is 35.1 Å². The molecule has 172 valence electrons. The summed E-state index contributed by atoms with van der Waals surface area (Å²) in [6.07, 6.45) is 12.1. The third-order valence-corrected chi connectivity index (χ3v) is 7.12. The van der Waals surface area contributed by atoms with Gasteiger partial charge < -0.3 is 15.1 Å². The van der Waals surface area contributed by atoms with Crippen LogP contribution in [0.3, 0.4) is 0 Å². The summed E-state index contributed by atoms with van der Waals surface area (Å²) >= 11 is 0. The molecule has 3 aromatic rings. The predicted octanol–water partition coefficient (Wildman–Crippen LogP) is 2.60. The Balaban J connectivity index is 1.25. The molecule has 2 aliphatic heterocycles. The number of nitrogens with one attached hydrogen (secondary N) is 1. The van der Waals surface area contributed by atoms with Crippen molar-refractivity contribution in [3.05, 3.63) is 30.9 Å². The molecule has 2 saturated heterocycles. The molecule has 10 nitrogen and oxygen atoms in total. The Morgan fingerprint density at radius 2 is 1.88 bits per heavy atom. The zero-order valence-corrected chi connectivity index (χ0v) is 19.1. The van der Waals surface area contributed by atoms with Crippen LogP contribution in [0.25, 0.3) is 11.4 Å². The molecule has 1 N–H and O–H groups in total. The predicted molar refractivity (Wildman–Crippen MR) is 124 cm³/mol. The van der Waals surface area contributed by atoms with Gasteiger partial charge in [0.2, 0.25) is 5.91 Å². The largest absolute Gasteiger partial charge is 0.355 e. The summed E-state index contributed by atoms with van der Waals surface area (Å²) in [5.41, 5.74) is 2.10. The fraction of sp³-hybridized carbons (Fsp3) is 0.522. The smallest absolute Gasteiger partial charge is 0.219 e. The lowest BCUT2D eigenvalue weighted by atomic mass is 9.72. The molecule has 0 bridgehead atoms. The highest BCUT2D eigenvalue weighted by atomic mass is 16.2. The van der Waals surface area contributed by atoms with Crippen molar-refractivity contribution in [3.8, 4) is 11.4 Å². The van der Waals surface area contributed by atoms with E-state index in [0.29, 0.717) is 11.9 Å². The van der Waals surface area contributed by atoms with E-state index < -0.39 is 0 Å². The molecule has 1 amide bonds. The van der Waals surface area contributed by atoms with Gasteiger partial charge in [-0.15, -0.1) is 0 Å². The quantitative estimate of drug-likeness (QED) is 0.642. The van der Waals surface area contributed by atoms with E-state index in [-0.39, 0.29) is 11.3 Å². The lowest BCUT2D eigenvalue weighted by molar-refractivity contribution is -0.131. The highest BCUT2D eigenvalue weighted by Crippen LogP contribution is 2.43. The van der Waals surface area contributed by atoms with E-state index in [4.69, 9.17) is 9.97 Å². The first-order valence-corrected chi connectivity index (χ1v) is 11.7. The SMILES string of the molecule is CC(=O)N1CCC2(CC1)CN(c1cc(Nc3cnn(C)c3)nc(-c3cnn(C4CC4)c3)n1)C2. The number of nitrogens with zero attached hydrogens (tertiary/aromatic N) is 8. The zero-order chi connectivity index (χ0) is 22.6. The van der Waals surface area contributed by atoms with E-state index >= 15 is 0 Å². The molecular weight excluding hydrogens is 418 g/mol. The van der Waals surface area contributed by atoms with E-state index in [1.165, 1.54) is 12.8 Å². The molecule has 1 spiro atoms. The Hall–Kier alpha value is -3.43. The van der Waals surface area contributed by atoms with Gasteiger partial charge >= 0.3 is 0 Å². The maximum absolute atomic E-state index is 11.7. The summed E-state index contributed by atoms with van der Waals surface area (Å²) in [4.78, 5) is 25.7. The monoisotopic (exact) mass is 447 g/mol. The maximum Gasteiger partial charge on any atom is 0.219 e. The standard InChI is InChI=1S/C23H29N9O/c1-16(33)30-7-5-23(6-8-30)14-31(15-23)21-9-20(26-18-11-24-29(2)13-18)27-22(28-21)17-10-25-32(12-17)19-3-4-19/h9-13,19H,3-8,14-15H2,1-2H3,(H,26,27,28).